The molecule has 0 saturated heterocycles. The highest BCUT2D eigenvalue weighted by molar-refractivity contribution is 5.66. The number of hydrogen-bond donors (Lipinski definition) is 4. The summed E-state index contributed by atoms with van der Waals surface area (Å²) in [6, 6.07) is 12.9. The van der Waals surface area contributed by atoms with Gasteiger partial charge in [0.05, 0.1) is 13.2 Å². The van der Waals surface area contributed by atoms with Crippen LogP contribution >= 0.6 is 0 Å². The molecule has 0 spiro atoms. The Morgan fingerprint density at radius 2 is 1.24 bits per heavy atom. The molecule has 34 heavy (non-hydrogen) atoms. The number of rotatable bonds is 11. The molecule has 0 amide bonds. The van der Waals surface area contributed by atoms with Crippen molar-refractivity contribution >= 4 is 11.9 Å². The summed E-state index contributed by atoms with van der Waals surface area (Å²) in [5, 5.41) is 39.0. The van der Waals surface area contributed by atoms with Crippen LogP contribution in [0.25, 0.3) is 0 Å². The predicted molar refractivity (Wildman–Crippen MR) is 122 cm³/mol. The highest BCUT2D eigenvalue weighted by Gasteiger charge is 2.28. The Balaban J connectivity index is 2.61. The number of phenols is 2. The number of allylic oxidation sites excluding steroid dienone is 1. The lowest BCUT2D eigenvalue weighted by Crippen LogP contribution is -2.31. The Hall–Kier alpha value is -3.56. The van der Waals surface area contributed by atoms with Gasteiger partial charge in [-0.25, -0.2) is 0 Å². The van der Waals surface area contributed by atoms with Crippen molar-refractivity contribution in [1.29, 1.82) is 0 Å². The first-order valence-corrected chi connectivity index (χ1v) is 10.6. The normalized spacial score (nSPS) is 13.6. The monoisotopic (exact) mass is 474 g/mol. The highest BCUT2D eigenvalue weighted by atomic mass is 16.6. The third-order valence-electron chi connectivity index (χ3n) is 5.00. The van der Waals surface area contributed by atoms with Crippen molar-refractivity contribution in [3.05, 3.63) is 71.0 Å². The van der Waals surface area contributed by atoms with Crippen LogP contribution in [0, 0.1) is 0 Å². The fourth-order valence-corrected chi connectivity index (χ4v) is 3.54. The second-order valence-electron chi connectivity index (χ2n) is 7.67. The number of esters is 2. The van der Waals surface area contributed by atoms with Crippen molar-refractivity contribution < 1.29 is 44.2 Å². The van der Waals surface area contributed by atoms with Crippen LogP contribution in [-0.4, -0.2) is 64.4 Å². The summed E-state index contributed by atoms with van der Waals surface area (Å²) in [6.45, 7) is 2.79. The number of aliphatic hydroxyl groups excluding tert-OH is 2. The van der Waals surface area contributed by atoms with Crippen molar-refractivity contribution in [3.8, 4) is 11.5 Å². The Labute approximate surface area is 197 Å². The lowest BCUT2D eigenvalue weighted by Gasteiger charge is -2.27. The molecule has 0 saturated carbocycles. The summed E-state index contributed by atoms with van der Waals surface area (Å²) in [5.41, 5.74) is 2.05. The number of aromatic hydroxyl groups is 2. The number of carbonyl (C=O) groups is 2. The molecular formula is C25H30O9. The molecule has 2 aromatic rings. The molecule has 0 bridgehead atoms. The summed E-state index contributed by atoms with van der Waals surface area (Å²) in [7, 11) is 0. The summed E-state index contributed by atoms with van der Waals surface area (Å²) in [4.78, 5) is 23.0. The lowest BCUT2D eigenvalue weighted by atomic mass is 9.84. The van der Waals surface area contributed by atoms with Crippen LogP contribution in [0.15, 0.2) is 59.9 Å². The molecule has 184 valence electrons. The molecule has 4 N–H and O–H groups in total. The molecule has 0 aliphatic heterocycles. The molecular weight excluding hydrogens is 444 g/mol. The van der Waals surface area contributed by atoms with E-state index in [9.17, 15) is 30.0 Å². The van der Waals surface area contributed by atoms with Crippen LogP contribution in [0.3, 0.4) is 0 Å². The average Bonchev–Trinajstić information content (AvgIpc) is 2.79. The van der Waals surface area contributed by atoms with Crippen LogP contribution in [-0.2, 0) is 23.8 Å². The van der Waals surface area contributed by atoms with Crippen molar-refractivity contribution in [2.24, 2.45) is 0 Å². The summed E-state index contributed by atoms with van der Waals surface area (Å²) in [5.74, 6) is -1.46. The summed E-state index contributed by atoms with van der Waals surface area (Å²) < 4.78 is 16.2. The average molecular weight is 475 g/mol. The van der Waals surface area contributed by atoms with E-state index in [0.717, 1.165) is 11.1 Å². The number of phenolic OH excluding ortho intramolecular Hbond substituents is 2. The maximum Gasteiger partial charge on any atom is 0.303 e. The Morgan fingerprint density at radius 3 is 1.62 bits per heavy atom. The van der Waals surface area contributed by atoms with Gasteiger partial charge in [0.2, 0.25) is 0 Å². The largest absolute Gasteiger partial charge is 0.508 e. The van der Waals surface area contributed by atoms with E-state index in [0.29, 0.717) is 5.57 Å². The maximum absolute atomic E-state index is 11.7. The van der Waals surface area contributed by atoms with Gasteiger partial charge in [-0.15, -0.1) is 0 Å². The number of carbonyl (C=O) groups excluding carboxylic acids is 2. The van der Waals surface area contributed by atoms with Gasteiger partial charge in [-0.05, 0) is 47.9 Å². The zero-order valence-electron chi connectivity index (χ0n) is 19.3. The van der Waals surface area contributed by atoms with E-state index in [4.69, 9.17) is 14.2 Å². The first kappa shape index (κ1) is 26.7. The zero-order valence-corrected chi connectivity index (χ0v) is 19.3. The zero-order chi connectivity index (χ0) is 25.3. The van der Waals surface area contributed by atoms with Crippen molar-refractivity contribution in [2.45, 2.75) is 38.9 Å². The molecule has 0 aliphatic carbocycles. The van der Waals surface area contributed by atoms with Gasteiger partial charge < -0.3 is 34.6 Å². The molecule has 0 fully saturated rings. The van der Waals surface area contributed by atoms with E-state index < -0.39 is 43.3 Å². The van der Waals surface area contributed by atoms with E-state index in [1.807, 2.05) is 0 Å². The Bertz CT molecular complexity index is 935. The number of ether oxygens (including phenoxy) is 3. The van der Waals surface area contributed by atoms with E-state index in [-0.39, 0.29) is 23.9 Å². The van der Waals surface area contributed by atoms with Gasteiger partial charge in [0, 0.05) is 19.8 Å². The van der Waals surface area contributed by atoms with Crippen LogP contribution in [0.5, 0.6) is 11.5 Å². The Kier molecular flexibility index (Phi) is 9.91. The van der Waals surface area contributed by atoms with E-state index >= 15 is 0 Å². The minimum atomic E-state index is -1.16. The van der Waals surface area contributed by atoms with E-state index in [1.54, 1.807) is 31.2 Å². The van der Waals surface area contributed by atoms with Crippen LogP contribution < -0.4 is 0 Å². The van der Waals surface area contributed by atoms with Gasteiger partial charge in [0.15, 0.2) is 12.2 Å². The molecule has 0 aromatic heterocycles. The SMILES string of the molecule is CC(=O)OC(CO)CO/C(=C(/C)C(c1ccc(O)cc1)c1ccc(O)cc1)C(CO)OC(C)=O. The molecule has 2 unspecified atom stereocenters. The predicted octanol–water partition coefficient (Wildman–Crippen LogP) is 2.37. The topological polar surface area (TPSA) is 143 Å². The minimum Gasteiger partial charge on any atom is -0.508 e. The molecule has 9 nitrogen and oxygen atoms in total. The van der Waals surface area contributed by atoms with E-state index in [1.165, 1.54) is 38.1 Å². The van der Waals surface area contributed by atoms with Crippen LogP contribution in [0.2, 0.25) is 0 Å². The fourth-order valence-electron chi connectivity index (χ4n) is 3.54. The molecule has 2 rings (SSSR count). The minimum absolute atomic E-state index is 0.0756. The standard InChI is InChI=1S/C25H30O9/c1-15(24(18-4-8-20(30)9-5-18)19-6-10-21(31)11-7-19)25(23(13-27)34-17(3)29)32-14-22(12-26)33-16(2)28/h4-11,22-24,26-27,30-31H,12-14H2,1-3H3/b25-15-. The molecule has 0 aliphatic rings. The van der Waals surface area contributed by atoms with Gasteiger partial charge in [-0.2, -0.15) is 0 Å². The van der Waals surface area contributed by atoms with Gasteiger partial charge in [0.1, 0.15) is 23.9 Å². The third kappa shape index (κ3) is 7.50. The number of benzene rings is 2. The second kappa shape index (κ2) is 12.6. The summed E-state index contributed by atoms with van der Waals surface area (Å²) in [6.07, 6.45) is -2.14. The molecule has 2 aromatic carbocycles. The first-order valence-electron chi connectivity index (χ1n) is 10.6. The van der Waals surface area contributed by atoms with Crippen LogP contribution in [0.1, 0.15) is 37.8 Å². The maximum atomic E-state index is 11.7. The molecule has 2 atom stereocenters. The number of hydrogen-bond acceptors (Lipinski definition) is 9. The second-order valence-corrected chi connectivity index (χ2v) is 7.67. The van der Waals surface area contributed by atoms with Gasteiger partial charge in [-0.3, -0.25) is 9.59 Å². The molecule has 0 heterocycles. The Morgan fingerprint density at radius 1 is 0.765 bits per heavy atom. The lowest BCUT2D eigenvalue weighted by molar-refractivity contribution is -0.153. The van der Waals surface area contributed by atoms with Crippen molar-refractivity contribution in [1.82, 2.24) is 0 Å². The highest BCUT2D eigenvalue weighted by Crippen LogP contribution is 2.36. The van der Waals surface area contributed by atoms with Gasteiger partial charge in [0.25, 0.3) is 0 Å². The van der Waals surface area contributed by atoms with Crippen molar-refractivity contribution in [2.75, 3.05) is 19.8 Å². The smallest absolute Gasteiger partial charge is 0.303 e. The van der Waals surface area contributed by atoms with Gasteiger partial charge in [-0.1, -0.05) is 24.3 Å². The third-order valence-corrected chi connectivity index (χ3v) is 5.00. The first-order chi connectivity index (χ1) is 16.2. The number of aliphatic hydroxyl groups is 2. The quantitative estimate of drug-likeness (QED) is 0.285. The van der Waals surface area contributed by atoms with Gasteiger partial charge >= 0.3 is 11.9 Å². The van der Waals surface area contributed by atoms with Crippen LogP contribution in [0.4, 0.5) is 0 Å². The molecule has 9 heteroatoms. The molecule has 0 radical (unpaired) electrons. The van der Waals surface area contributed by atoms with E-state index in [2.05, 4.69) is 0 Å². The van der Waals surface area contributed by atoms with Crippen molar-refractivity contribution in [3.63, 3.8) is 0 Å². The fraction of sp³-hybridized carbons (Fsp3) is 0.360. The summed E-state index contributed by atoms with van der Waals surface area (Å²) >= 11 is 0.